The summed E-state index contributed by atoms with van der Waals surface area (Å²) in [7, 11) is 2.58. The number of aryl methyl sites for hydroxylation is 1. The molecule has 0 aliphatic carbocycles. The van der Waals surface area contributed by atoms with Crippen LogP contribution in [0.2, 0.25) is 0 Å². The monoisotopic (exact) mass is 339 g/mol. The first-order valence-electron chi connectivity index (χ1n) is 5.95. The SMILES string of the molecule is Cc1cc(=O)n(-c2ccc(C#N)c(S(=O)(=O)Cl)c2)c(=O)n1C. The minimum atomic E-state index is -4.19. The fraction of sp³-hybridized carbons (Fsp3) is 0.154. The van der Waals surface area contributed by atoms with Gasteiger partial charge in [0.2, 0.25) is 0 Å². The van der Waals surface area contributed by atoms with Crippen LogP contribution >= 0.6 is 10.7 Å². The first-order chi connectivity index (χ1) is 10.2. The van der Waals surface area contributed by atoms with Gasteiger partial charge in [-0.1, -0.05) is 0 Å². The molecule has 1 heterocycles. The lowest BCUT2D eigenvalue weighted by molar-refractivity contribution is 0.609. The van der Waals surface area contributed by atoms with E-state index >= 15 is 0 Å². The largest absolute Gasteiger partial charge is 0.335 e. The van der Waals surface area contributed by atoms with Crippen molar-refractivity contribution in [2.75, 3.05) is 0 Å². The molecule has 0 aliphatic heterocycles. The van der Waals surface area contributed by atoms with Crippen molar-refractivity contribution in [3.63, 3.8) is 0 Å². The Morgan fingerprint density at radius 1 is 1.23 bits per heavy atom. The number of benzene rings is 1. The van der Waals surface area contributed by atoms with Crippen LogP contribution in [-0.2, 0) is 16.1 Å². The van der Waals surface area contributed by atoms with E-state index in [2.05, 4.69) is 0 Å². The summed E-state index contributed by atoms with van der Waals surface area (Å²) < 4.78 is 25.1. The summed E-state index contributed by atoms with van der Waals surface area (Å²) >= 11 is 0. The van der Waals surface area contributed by atoms with Crippen molar-refractivity contribution in [2.45, 2.75) is 11.8 Å². The van der Waals surface area contributed by atoms with Crippen molar-refractivity contribution < 1.29 is 8.42 Å². The molecule has 1 aromatic carbocycles. The van der Waals surface area contributed by atoms with E-state index in [0.717, 1.165) is 10.6 Å². The Kier molecular flexibility index (Phi) is 3.96. The molecular weight excluding hydrogens is 330 g/mol. The summed E-state index contributed by atoms with van der Waals surface area (Å²) in [5, 5.41) is 8.93. The predicted molar refractivity (Wildman–Crippen MR) is 79.8 cm³/mol. The molecule has 114 valence electrons. The summed E-state index contributed by atoms with van der Waals surface area (Å²) in [4.78, 5) is 23.8. The molecule has 0 fully saturated rings. The van der Waals surface area contributed by atoms with Crippen molar-refractivity contribution in [1.29, 1.82) is 5.26 Å². The molecule has 1 aromatic heterocycles. The second-order valence-corrected chi connectivity index (χ2v) is 7.07. The molecule has 0 bridgehead atoms. The van der Waals surface area contributed by atoms with E-state index < -0.39 is 25.2 Å². The molecule has 22 heavy (non-hydrogen) atoms. The van der Waals surface area contributed by atoms with Gasteiger partial charge in [-0.25, -0.2) is 17.8 Å². The van der Waals surface area contributed by atoms with Crippen molar-refractivity contribution >= 4 is 19.7 Å². The molecule has 0 saturated carbocycles. The minimum absolute atomic E-state index is 0.0174. The number of nitrogens with zero attached hydrogens (tertiary/aromatic N) is 3. The summed E-state index contributed by atoms with van der Waals surface area (Å²) in [6.45, 7) is 1.60. The Morgan fingerprint density at radius 3 is 2.41 bits per heavy atom. The molecule has 0 amide bonds. The number of hydrogen-bond donors (Lipinski definition) is 0. The van der Waals surface area contributed by atoms with Gasteiger partial charge in [-0.15, -0.1) is 0 Å². The van der Waals surface area contributed by atoms with E-state index in [4.69, 9.17) is 15.9 Å². The van der Waals surface area contributed by atoms with Crippen LogP contribution in [0, 0.1) is 18.3 Å². The molecule has 0 unspecified atom stereocenters. The number of hydrogen-bond acceptors (Lipinski definition) is 5. The van der Waals surface area contributed by atoms with Crippen LogP contribution in [-0.4, -0.2) is 17.6 Å². The molecule has 0 atom stereocenters. The average molecular weight is 340 g/mol. The molecule has 0 N–H and O–H groups in total. The van der Waals surface area contributed by atoms with E-state index in [-0.39, 0.29) is 11.3 Å². The molecular formula is C13H10ClN3O4S. The van der Waals surface area contributed by atoms with Gasteiger partial charge < -0.3 is 4.57 Å². The Hall–Kier alpha value is -2.37. The molecule has 2 aromatic rings. The van der Waals surface area contributed by atoms with Gasteiger partial charge in [-0.3, -0.25) is 4.79 Å². The molecule has 0 radical (unpaired) electrons. The van der Waals surface area contributed by atoms with Gasteiger partial charge in [0, 0.05) is 29.5 Å². The van der Waals surface area contributed by atoms with E-state index in [0.29, 0.717) is 5.69 Å². The normalized spacial score (nSPS) is 11.2. The molecule has 9 heteroatoms. The van der Waals surface area contributed by atoms with Crippen molar-refractivity contribution in [3.05, 3.63) is 56.4 Å². The van der Waals surface area contributed by atoms with Gasteiger partial charge in [-0.05, 0) is 25.1 Å². The highest BCUT2D eigenvalue weighted by atomic mass is 35.7. The Bertz CT molecular complexity index is 1030. The summed E-state index contributed by atoms with van der Waals surface area (Å²) in [6.07, 6.45) is 0. The van der Waals surface area contributed by atoms with Gasteiger partial charge in [0.25, 0.3) is 14.6 Å². The molecule has 0 saturated heterocycles. The Morgan fingerprint density at radius 2 is 1.86 bits per heavy atom. The Balaban J connectivity index is 2.88. The van der Waals surface area contributed by atoms with Crippen LogP contribution in [0.5, 0.6) is 0 Å². The summed E-state index contributed by atoms with van der Waals surface area (Å²) in [5.74, 6) is 0. The third kappa shape index (κ3) is 2.68. The molecule has 7 nitrogen and oxygen atoms in total. The van der Waals surface area contributed by atoms with Crippen LogP contribution in [0.4, 0.5) is 0 Å². The number of rotatable bonds is 2. The Labute approximate surface area is 130 Å². The quantitative estimate of drug-likeness (QED) is 0.747. The molecule has 0 aliphatic rings. The fourth-order valence-electron chi connectivity index (χ4n) is 1.92. The van der Waals surface area contributed by atoms with Crippen LogP contribution in [0.3, 0.4) is 0 Å². The van der Waals surface area contributed by atoms with Crippen molar-refractivity contribution in [1.82, 2.24) is 9.13 Å². The van der Waals surface area contributed by atoms with Gasteiger partial charge >= 0.3 is 5.69 Å². The lowest BCUT2D eigenvalue weighted by Crippen LogP contribution is -2.38. The van der Waals surface area contributed by atoms with E-state index in [1.54, 1.807) is 13.0 Å². The highest BCUT2D eigenvalue weighted by Crippen LogP contribution is 2.22. The van der Waals surface area contributed by atoms with Gasteiger partial charge in [-0.2, -0.15) is 5.26 Å². The zero-order valence-electron chi connectivity index (χ0n) is 11.6. The van der Waals surface area contributed by atoms with E-state index in [9.17, 15) is 18.0 Å². The number of aromatic nitrogens is 2. The maximum atomic E-state index is 12.2. The lowest BCUT2D eigenvalue weighted by atomic mass is 10.2. The average Bonchev–Trinajstić information content (AvgIpc) is 2.44. The second kappa shape index (κ2) is 5.44. The maximum absolute atomic E-state index is 12.2. The smallest absolute Gasteiger partial charge is 0.301 e. The van der Waals surface area contributed by atoms with Gasteiger partial charge in [0.15, 0.2) is 0 Å². The standard InChI is InChI=1S/C13H10ClN3O4S/c1-8-5-12(18)17(13(19)16(8)2)10-4-3-9(7-15)11(6-10)22(14,20)21/h3-6H,1-2H3. The van der Waals surface area contributed by atoms with Crippen molar-refractivity contribution in [3.8, 4) is 11.8 Å². The predicted octanol–water partition coefficient (Wildman–Crippen LogP) is 0.644. The van der Waals surface area contributed by atoms with Crippen LogP contribution in [0.25, 0.3) is 5.69 Å². The first kappa shape index (κ1) is 16.0. The third-order valence-electron chi connectivity index (χ3n) is 3.17. The van der Waals surface area contributed by atoms with Gasteiger partial charge in [0.05, 0.1) is 11.3 Å². The van der Waals surface area contributed by atoms with Crippen LogP contribution < -0.4 is 11.2 Å². The summed E-state index contributed by atoms with van der Waals surface area (Å²) in [5.41, 5.74) is -0.930. The van der Waals surface area contributed by atoms with E-state index in [1.807, 2.05) is 0 Å². The zero-order valence-corrected chi connectivity index (χ0v) is 13.1. The molecule has 2 rings (SSSR count). The van der Waals surface area contributed by atoms with Crippen LogP contribution in [0.15, 0.2) is 38.8 Å². The number of halogens is 1. The highest BCUT2D eigenvalue weighted by Gasteiger charge is 2.18. The minimum Gasteiger partial charge on any atom is -0.301 e. The second-order valence-electron chi connectivity index (χ2n) is 4.53. The van der Waals surface area contributed by atoms with Gasteiger partial charge in [0.1, 0.15) is 11.0 Å². The molecule has 0 spiro atoms. The number of nitriles is 1. The topological polar surface area (TPSA) is 102 Å². The van der Waals surface area contributed by atoms with Crippen LogP contribution in [0.1, 0.15) is 11.3 Å². The van der Waals surface area contributed by atoms with Crippen molar-refractivity contribution in [2.24, 2.45) is 7.05 Å². The maximum Gasteiger partial charge on any atom is 0.335 e. The van der Waals surface area contributed by atoms with E-state index in [1.165, 1.54) is 29.8 Å². The zero-order chi connectivity index (χ0) is 16.7. The fourth-order valence-corrected chi connectivity index (χ4v) is 2.94. The third-order valence-corrected chi connectivity index (χ3v) is 4.53. The first-order valence-corrected chi connectivity index (χ1v) is 8.26. The highest BCUT2D eigenvalue weighted by molar-refractivity contribution is 8.13. The lowest BCUT2D eigenvalue weighted by Gasteiger charge is -2.10. The summed E-state index contributed by atoms with van der Waals surface area (Å²) in [6, 6.07) is 6.47.